The maximum atomic E-state index is 11.4. The van der Waals surface area contributed by atoms with Gasteiger partial charge in [0.15, 0.2) is 0 Å². The lowest BCUT2D eigenvalue weighted by molar-refractivity contribution is -0.116. The lowest BCUT2D eigenvalue weighted by atomic mass is 9.42. The highest BCUT2D eigenvalue weighted by atomic mass is 16.5. The SMILES string of the molecule is CCCOc1ccc(C2(c3ccc(OCCCCCCCNC(=O)/C=C\C=O)cc3)C3CC4CC(C3)CC2C4)cc1. The predicted molar refractivity (Wildman–Crippen MR) is 163 cm³/mol. The molecule has 5 heteroatoms. The van der Waals surface area contributed by atoms with Crippen LogP contribution in [0.5, 0.6) is 11.5 Å². The molecule has 4 fully saturated rings. The number of hydrogen-bond acceptors (Lipinski definition) is 4. The van der Waals surface area contributed by atoms with Crippen LogP contribution in [0, 0.1) is 23.7 Å². The van der Waals surface area contributed by atoms with E-state index < -0.39 is 0 Å². The van der Waals surface area contributed by atoms with E-state index in [4.69, 9.17) is 9.47 Å². The topological polar surface area (TPSA) is 64.6 Å². The summed E-state index contributed by atoms with van der Waals surface area (Å²) >= 11 is 0. The third-order valence-electron chi connectivity index (χ3n) is 9.78. The molecule has 2 aromatic carbocycles. The van der Waals surface area contributed by atoms with Gasteiger partial charge in [0.05, 0.1) is 13.2 Å². The summed E-state index contributed by atoms with van der Waals surface area (Å²) in [7, 11) is 0. The Hall–Kier alpha value is -3.08. The zero-order chi connectivity index (χ0) is 28.5. The van der Waals surface area contributed by atoms with E-state index in [9.17, 15) is 9.59 Å². The van der Waals surface area contributed by atoms with Crippen LogP contribution in [0.2, 0.25) is 0 Å². The van der Waals surface area contributed by atoms with Crippen molar-refractivity contribution in [3.05, 3.63) is 71.8 Å². The van der Waals surface area contributed by atoms with E-state index in [0.29, 0.717) is 24.7 Å². The van der Waals surface area contributed by atoms with Gasteiger partial charge in [-0.05, 0) is 117 Å². The van der Waals surface area contributed by atoms with E-state index in [-0.39, 0.29) is 11.3 Å². The highest BCUT2D eigenvalue weighted by molar-refractivity contribution is 5.90. The van der Waals surface area contributed by atoms with Crippen molar-refractivity contribution >= 4 is 12.2 Å². The first-order valence-electron chi connectivity index (χ1n) is 16.0. The quantitative estimate of drug-likeness (QED) is 0.133. The van der Waals surface area contributed by atoms with Crippen molar-refractivity contribution in [3.63, 3.8) is 0 Å². The summed E-state index contributed by atoms with van der Waals surface area (Å²) in [6.45, 7) is 4.29. The molecular formula is C36H47NO4. The number of rotatable bonds is 16. The van der Waals surface area contributed by atoms with Crippen molar-refractivity contribution in [3.8, 4) is 11.5 Å². The van der Waals surface area contributed by atoms with Crippen molar-refractivity contribution in [2.24, 2.45) is 23.7 Å². The molecule has 4 bridgehead atoms. The fourth-order valence-corrected chi connectivity index (χ4v) is 8.26. The summed E-state index contributed by atoms with van der Waals surface area (Å²) in [5, 5.41) is 2.79. The van der Waals surface area contributed by atoms with Gasteiger partial charge in [0, 0.05) is 18.0 Å². The summed E-state index contributed by atoms with van der Waals surface area (Å²) in [4.78, 5) is 21.7. The number of nitrogens with one attached hydrogen (secondary N) is 1. The van der Waals surface area contributed by atoms with E-state index in [0.717, 1.165) is 75.1 Å². The number of carbonyl (C=O) groups is 2. The van der Waals surface area contributed by atoms with Gasteiger partial charge in [0.1, 0.15) is 17.8 Å². The van der Waals surface area contributed by atoms with Crippen molar-refractivity contribution in [1.82, 2.24) is 5.32 Å². The van der Waals surface area contributed by atoms with Gasteiger partial charge in [-0.25, -0.2) is 0 Å². The second-order valence-corrected chi connectivity index (χ2v) is 12.5. The van der Waals surface area contributed by atoms with Crippen molar-refractivity contribution < 1.29 is 19.1 Å². The first-order chi connectivity index (χ1) is 20.1. The van der Waals surface area contributed by atoms with Crippen LogP contribution in [0.4, 0.5) is 0 Å². The Morgan fingerprint density at radius 3 is 1.88 bits per heavy atom. The van der Waals surface area contributed by atoms with E-state index in [1.165, 1.54) is 55.4 Å². The number of benzene rings is 2. The van der Waals surface area contributed by atoms with Crippen LogP contribution in [0.15, 0.2) is 60.7 Å². The normalized spacial score (nSPS) is 26.3. The molecule has 0 radical (unpaired) electrons. The van der Waals surface area contributed by atoms with Crippen LogP contribution in [-0.4, -0.2) is 32.0 Å². The van der Waals surface area contributed by atoms with Gasteiger partial charge in [-0.15, -0.1) is 0 Å². The lowest BCUT2D eigenvalue weighted by Gasteiger charge is -2.62. The Morgan fingerprint density at radius 1 is 0.780 bits per heavy atom. The van der Waals surface area contributed by atoms with E-state index in [1.54, 1.807) is 0 Å². The number of aldehydes is 1. The molecule has 2 aromatic rings. The third-order valence-corrected chi connectivity index (χ3v) is 9.78. The van der Waals surface area contributed by atoms with E-state index in [2.05, 4.69) is 60.8 Å². The third kappa shape index (κ3) is 6.88. The van der Waals surface area contributed by atoms with Gasteiger partial charge in [0.25, 0.3) is 0 Å². The van der Waals surface area contributed by atoms with Gasteiger partial charge in [-0.2, -0.15) is 0 Å². The Kier molecular flexibility index (Phi) is 10.2. The average Bonchev–Trinajstić information content (AvgIpc) is 2.99. The number of allylic oxidation sites excluding steroid dienone is 1. The highest BCUT2D eigenvalue weighted by Crippen LogP contribution is 2.65. The maximum Gasteiger partial charge on any atom is 0.244 e. The van der Waals surface area contributed by atoms with Crippen LogP contribution < -0.4 is 14.8 Å². The summed E-state index contributed by atoms with van der Waals surface area (Å²) in [5.41, 5.74) is 3.04. The Morgan fingerprint density at radius 2 is 1.32 bits per heavy atom. The molecule has 4 aliphatic rings. The minimum atomic E-state index is -0.208. The zero-order valence-corrected chi connectivity index (χ0v) is 24.7. The van der Waals surface area contributed by atoms with Crippen molar-refractivity contribution in [1.29, 1.82) is 0 Å². The number of amides is 1. The molecule has 0 spiro atoms. The monoisotopic (exact) mass is 557 g/mol. The van der Waals surface area contributed by atoms with Crippen LogP contribution in [-0.2, 0) is 15.0 Å². The minimum absolute atomic E-state index is 0.0967. The fraction of sp³-hybridized carbons (Fsp3) is 0.556. The molecule has 0 aromatic heterocycles. The van der Waals surface area contributed by atoms with Gasteiger partial charge in [0.2, 0.25) is 5.91 Å². The van der Waals surface area contributed by atoms with E-state index in [1.807, 2.05) is 0 Å². The van der Waals surface area contributed by atoms with Gasteiger partial charge >= 0.3 is 0 Å². The number of carbonyl (C=O) groups excluding carboxylic acids is 2. The highest BCUT2D eigenvalue weighted by Gasteiger charge is 2.58. The first-order valence-corrected chi connectivity index (χ1v) is 16.0. The Balaban J connectivity index is 1.15. The molecule has 1 N–H and O–H groups in total. The molecular weight excluding hydrogens is 510 g/mol. The zero-order valence-electron chi connectivity index (χ0n) is 24.7. The second-order valence-electron chi connectivity index (χ2n) is 12.5. The van der Waals surface area contributed by atoms with Crippen molar-refractivity contribution in [2.45, 2.75) is 83.0 Å². The van der Waals surface area contributed by atoms with Crippen molar-refractivity contribution in [2.75, 3.05) is 19.8 Å². The standard InChI is InChI=1S/C36H47NO4/c1-2-20-40-33-14-10-29(11-15-33)36(31-23-27-22-28(25-31)26-32(36)24-27)30-12-16-34(17-13-30)41-21-7-5-3-4-6-18-37-35(39)9-8-19-38/h8-17,19,27-28,31-32H,2-7,18,20-26H2,1H3,(H,37,39)/b9-8-. The maximum absolute atomic E-state index is 11.4. The smallest absolute Gasteiger partial charge is 0.244 e. The van der Waals surface area contributed by atoms with Gasteiger partial charge in [-0.3, -0.25) is 9.59 Å². The molecule has 5 nitrogen and oxygen atoms in total. The number of ether oxygens (including phenoxy) is 2. The molecule has 0 heterocycles. The largest absolute Gasteiger partial charge is 0.494 e. The lowest BCUT2D eigenvalue weighted by Crippen LogP contribution is -2.56. The molecule has 41 heavy (non-hydrogen) atoms. The van der Waals surface area contributed by atoms with Gasteiger partial charge < -0.3 is 14.8 Å². The summed E-state index contributed by atoms with van der Waals surface area (Å²) < 4.78 is 12.1. The molecule has 0 unspecified atom stereocenters. The molecule has 0 atom stereocenters. The van der Waals surface area contributed by atoms with Crippen LogP contribution in [0.3, 0.4) is 0 Å². The van der Waals surface area contributed by atoms with Crippen LogP contribution in [0.1, 0.15) is 88.7 Å². The minimum Gasteiger partial charge on any atom is -0.494 e. The van der Waals surface area contributed by atoms with Crippen LogP contribution in [0.25, 0.3) is 0 Å². The Bertz CT molecular complexity index is 1130. The summed E-state index contributed by atoms with van der Waals surface area (Å²) in [6, 6.07) is 18.2. The van der Waals surface area contributed by atoms with Gasteiger partial charge in [-0.1, -0.05) is 50.5 Å². The Labute approximate surface area is 246 Å². The summed E-state index contributed by atoms with van der Waals surface area (Å²) in [5.74, 6) is 5.01. The average molecular weight is 558 g/mol. The second kappa shape index (κ2) is 14.2. The molecule has 220 valence electrons. The molecule has 0 saturated heterocycles. The molecule has 4 saturated carbocycles. The number of hydrogen-bond donors (Lipinski definition) is 1. The number of unbranched alkanes of at least 4 members (excludes halogenated alkanes) is 4. The molecule has 0 aliphatic heterocycles. The van der Waals surface area contributed by atoms with Crippen LogP contribution >= 0.6 is 0 Å². The fourth-order valence-electron chi connectivity index (χ4n) is 8.26. The first kappa shape index (κ1) is 29.4. The molecule has 6 rings (SSSR count). The molecule has 1 amide bonds. The van der Waals surface area contributed by atoms with E-state index >= 15 is 0 Å². The molecule has 4 aliphatic carbocycles. The predicted octanol–water partition coefficient (Wildman–Crippen LogP) is 7.42. The summed E-state index contributed by atoms with van der Waals surface area (Å²) in [6.07, 6.45) is 16.3.